The largest absolute Gasteiger partial charge is 0.325 e. The SMILES string of the molecule is NCc1c(-c2ccc(F)cc2)nc2ncccn12. The Hall–Kier alpha value is -2.27. The van der Waals surface area contributed by atoms with Gasteiger partial charge < -0.3 is 5.73 Å². The number of imidazole rings is 1. The lowest BCUT2D eigenvalue weighted by molar-refractivity contribution is 0.628. The van der Waals surface area contributed by atoms with Crippen LogP contribution in [0.2, 0.25) is 0 Å². The molecular formula is C13H11FN4. The summed E-state index contributed by atoms with van der Waals surface area (Å²) in [4.78, 5) is 8.61. The molecule has 0 radical (unpaired) electrons. The summed E-state index contributed by atoms with van der Waals surface area (Å²) in [5.74, 6) is 0.326. The van der Waals surface area contributed by atoms with Gasteiger partial charge in [-0.1, -0.05) is 0 Å². The second kappa shape index (κ2) is 4.19. The van der Waals surface area contributed by atoms with Gasteiger partial charge in [0.1, 0.15) is 5.82 Å². The van der Waals surface area contributed by atoms with E-state index in [1.165, 1.54) is 12.1 Å². The van der Waals surface area contributed by atoms with Gasteiger partial charge in [0.2, 0.25) is 5.78 Å². The van der Waals surface area contributed by atoms with Gasteiger partial charge in [0.05, 0.1) is 11.4 Å². The average Bonchev–Trinajstić information content (AvgIpc) is 2.78. The van der Waals surface area contributed by atoms with Gasteiger partial charge in [0.25, 0.3) is 0 Å². The zero-order valence-corrected chi connectivity index (χ0v) is 9.55. The maximum absolute atomic E-state index is 12.9. The lowest BCUT2D eigenvalue weighted by atomic mass is 10.1. The summed E-state index contributed by atoms with van der Waals surface area (Å²) in [6, 6.07) is 8.02. The van der Waals surface area contributed by atoms with E-state index in [2.05, 4.69) is 9.97 Å². The van der Waals surface area contributed by atoms with Crippen molar-refractivity contribution in [3.63, 3.8) is 0 Å². The second-order valence-corrected chi connectivity index (χ2v) is 3.91. The molecule has 0 saturated heterocycles. The summed E-state index contributed by atoms with van der Waals surface area (Å²) in [6.45, 7) is 0.347. The van der Waals surface area contributed by atoms with Gasteiger partial charge in [0, 0.05) is 24.5 Å². The summed E-state index contributed by atoms with van der Waals surface area (Å²) in [6.07, 6.45) is 3.54. The molecule has 2 heterocycles. The molecule has 4 nitrogen and oxygen atoms in total. The van der Waals surface area contributed by atoms with E-state index in [1.54, 1.807) is 18.3 Å². The minimum absolute atomic E-state index is 0.269. The van der Waals surface area contributed by atoms with Crippen molar-refractivity contribution in [3.8, 4) is 11.3 Å². The molecule has 0 bridgehead atoms. The first-order valence-corrected chi connectivity index (χ1v) is 5.57. The van der Waals surface area contributed by atoms with Gasteiger partial charge in [-0.3, -0.25) is 4.40 Å². The molecule has 2 N–H and O–H groups in total. The molecule has 3 rings (SSSR count). The van der Waals surface area contributed by atoms with Crippen molar-refractivity contribution in [3.05, 3.63) is 54.2 Å². The molecule has 0 unspecified atom stereocenters. The van der Waals surface area contributed by atoms with Crippen LogP contribution < -0.4 is 5.73 Å². The van der Waals surface area contributed by atoms with Crippen molar-refractivity contribution in [1.82, 2.24) is 14.4 Å². The van der Waals surface area contributed by atoms with Gasteiger partial charge in [-0.2, -0.15) is 0 Å². The molecule has 18 heavy (non-hydrogen) atoms. The summed E-state index contributed by atoms with van der Waals surface area (Å²) in [5.41, 5.74) is 8.21. The van der Waals surface area contributed by atoms with Crippen LogP contribution in [0.1, 0.15) is 5.69 Å². The van der Waals surface area contributed by atoms with E-state index in [9.17, 15) is 4.39 Å². The Morgan fingerprint density at radius 1 is 1.22 bits per heavy atom. The van der Waals surface area contributed by atoms with Crippen LogP contribution in [-0.2, 0) is 6.54 Å². The molecule has 0 aliphatic rings. The average molecular weight is 242 g/mol. The van der Waals surface area contributed by atoms with E-state index in [0.717, 1.165) is 17.0 Å². The van der Waals surface area contributed by atoms with Crippen LogP contribution in [0.4, 0.5) is 4.39 Å². The maximum atomic E-state index is 12.9. The Morgan fingerprint density at radius 3 is 2.72 bits per heavy atom. The highest BCUT2D eigenvalue weighted by molar-refractivity contribution is 5.65. The zero-order chi connectivity index (χ0) is 12.5. The predicted octanol–water partition coefficient (Wildman–Crippen LogP) is 1.99. The predicted molar refractivity (Wildman–Crippen MR) is 66.3 cm³/mol. The molecule has 90 valence electrons. The minimum atomic E-state index is -0.269. The van der Waals surface area contributed by atoms with Crippen molar-refractivity contribution >= 4 is 5.78 Å². The van der Waals surface area contributed by atoms with Crippen molar-refractivity contribution in [2.45, 2.75) is 6.54 Å². The van der Waals surface area contributed by atoms with E-state index in [-0.39, 0.29) is 5.82 Å². The quantitative estimate of drug-likeness (QED) is 0.747. The van der Waals surface area contributed by atoms with Gasteiger partial charge in [0.15, 0.2) is 0 Å². The molecule has 3 aromatic rings. The van der Waals surface area contributed by atoms with E-state index >= 15 is 0 Å². The van der Waals surface area contributed by atoms with Gasteiger partial charge in [-0.15, -0.1) is 0 Å². The fourth-order valence-corrected chi connectivity index (χ4v) is 1.97. The van der Waals surface area contributed by atoms with Gasteiger partial charge >= 0.3 is 0 Å². The first kappa shape index (κ1) is 10.9. The summed E-state index contributed by atoms with van der Waals surface area (Å²) < 4.78 is 14.8. The Morgan fingerprint density at radius 2 is 2.00 bits per heavy atom. The number of nitrogens with zero attached hydrogens (tertiary/aromatic N) is 3. The number of nitrogens with two attached hydrogens (primary N) is 1. The molecule has 1 aromatic carbocycles. The van der Waals surface area contributed by atoms with Gasteiger partial charge in [-0.25, -0.2) is 14.4 Å². The lowest BCUT2D eigenvalue weighted by Crippen LogP contribution is -2.02. The van der Waals surface area contributed by atoms with Gasteiger partial charge in [-0.05, 0) is 30.3 Å². The van der Waals surface area contributed by atoms with E-state index in [4.69, 9.17) is 5.73 Å². The number of hydrogen-bond donors (Lipinski definition) is 1. The molecular weight excluding hydrogens is 231 g/mol. The number of halogens is 1. The summed E-state index contributed by atoms with van der Waals surface area (Å²) in [5, 5.41) is 0. The minimum Gasteiger partial charge on any atom is -0.325 e. The summed E-state index contributed by atoms with van der Waals surface area (Å²) in [7, 11) is 0. The molecule has 0 aliphatic heterocycles. The van der Waals surface area contributed by atoms with Crippen molar-refractivity contribution in [2.75, 3.05) is 0 Å². The fraction of sp³-hybridized carbons (Fsp3) is 0.0769. The standard InChI is InChI=1S/C13H11FN4/c14-10-4-2-9(3-5-10)12-11(8-15)18-7-1-6-16-13(18)17-12/h1-7H,8,15H2. The van der Waals surface area contributed by atoms with Crippen LogP contribution in [0.25, 0.3) is 17.0 Å². The Balaban J connectivity index is 2.25. The van der Waals surface area contributed by atoms with E-state index in [1.807, 2.05) is 16.7 Å². The van der Waals surface area contributed by atoms with E-state index in [0.29, 0.717) is 12.3 Å². The normalized spacial score (nSPS) is 11.0. The summed E-state index contributed by atoms with van der Waals surface area (Å²) >= 11 is 0. The third-order valence-electron chi connectivity index (χ3n) is 2.81. The van der Waals surface area contributed by atoms with Crippen LogP contribution in [0, 0.1) is 5.82 Å². The first-order chi connectivity index (χ1) is 8.79. The van der Waals surface area contributed by atoms with Crippen LogP contribution in [0.15, 0.2) is 42.7 Å². The van der Waals surface area contributed by atoms with Crippen molar-refractivity contribution in [2.24, 2.45) is 5.73 Å². The van der Waals surface area contributed by atoms with E-state index < -0.39 is 0 Å². The Kier molecular flexibility index (Phi) is 2.53. The molecule has 0 saturated carbocycles. The van der Waals surface area contributed by atoms with Crippen molar-refractivity contribution < 1.29 is 4.39 Å². The highest BCUT2D eigenvalue weighted by atomic mass is 19.1. The molecule has 0 atom stereocenters. The molecule has 5 heteroatoms. The Labute approximate surface area is 103 Å². The smallest absolute Gasteiger partial charge is 0.234 e. The molecule has 0 aliphatic carbocycles. The number of hydrogen-bond acceptors (Lipinski definition) is 3. The molecule has 0 fully saturated rings. The zero-order valence-electron chi connectivity index (χ0n) is 9.55. The van der Waals surface area contributed by atoms with Crippen LogP contribution in [0.3, 0.4) is 0 Å². The second-order valence-electron chi connectivity index (χ2n) is 3.91. The lowest BCUT2D eigenvalue weighted by Gasteiger charge is -2.01. The number of rotatable bonds is 2. The Bertz CT molecular complexity index is 688. The first-order valence-electron chi connectivity index (χ1n) is 5.57. The topological polar surface area (TPSA) is 56.2 Å². The molecule has 0 amide bonds. The molecule has 2 aromatic heterocycles. The monoisotopic (exact) mass is 242 g/mol. The number of aromatic nitrogens is 3. The molecule has 0 spiro atoms. The highest BCUT2D eigenvalue weighted by Crippen LogP contribution is 2.23. The third kappa shape index (κ3) is 1.65. The fourth-order valence-electron chi connectivity index (χ4n) is 1.97. The van der Waals surface area contributed by atoms with Crippen molar-refractivity contribution in [1.29, 1.82) is 0 Å². The van der Waals surface area contributed by atoms with Crippen LogP contribution in [0.5, 0.6) is 0 Å². The van der Waals surface area contributed by atoms with Crippen LogP contribution in [-0.4, -0.2) is 14.4 Å². The third-order valence-corrected chi connectivity index (χ3v) is 2.81. The van der Waals surface area contributed by atoms with Crippen LogP contribution >= 0.6 is 0 Å². The maximum Gasteiger partial charge on any atom is 0.234 e. The highest BCUT2D eigenvalue weighted by Gasteiger charge is 2.12. The number of fused-ring (bicyclic) bond motifs is 1. The number of benzene rings is 1.